The first-order valence-electron chi connectivity index (χ1n) is 11.3. The molecule has 1 unspecified atom stereocenters. The standard InChI is InChI=1S/C27H31N3O2/c1-32-26-12-10-22(11-13-26)18-27(31)30-16-15-29(19-23-7-3-2-4-8-23)20-24(21-30)17-25-9-5-6-14-28-25/h2-14,24H,15-21H2,1H3. The van der Waals surface area contributed by atoms with E-state index in [-0.39, 0.29) is 5.91 Å². The van der Waals surface area contributed by atoms with Gasteiger partial charge in [-0.3, -0.25) is 14.7 Å². The van der Waals surface area contributed by atoms with Gasteiger partial charge in [-0.15, -0.1) is 0 Å². The van der Waals surface area contributed by atoms with Crippen LogP contribution in [0.3, 0.4) is 0 Å². The molecule has 0 spiro atoms. The maximum absolute atomic E-state index is 13.2. The zero-order chi connectivity index (χ0) is 22.2. The lowest BCUT2D eigenvalue weighted by Gasteiger charge is -2.24. The van der Waals surface area contributed by atoms with E-state index in [0.29, 0.717) is 12.3 Å². The van der Waals surface area contributed by atoms with Crippen LogP contribution in [0.2, 0.25) is 0 Å². The van der Waals surface area contributed by atoms with E-state index in [1.807, 2.05) is 47.5 Å². The minimum atomic E-state index is 0.183. The van der Waals surface area contributed by atoms with Gasteiger partial charge in [0, 0.05) is 44.6 Å². The summed E-state index contributed by atoms with van der Waals surface area (Å²) in [5.74, 6) is 1.33. The Morgan fingerprint density at radius 3 is 2.44 bits per heavy atom. The van der Waals surface area contributed by atoms with Gasteiger partial charge >= 0.3 is 0 Å². The van der Waals surface area contributed by atoms with Crippen LogP contribution in [-0.4, -0.2) is 54.0 Å². The molecule has 1 aromatic heterocycles. The number of benzene rings is 2. The molecule has 1 saturated heterocycles. The van der Waals surface area contributed by atoms with Gasteiger partial charge in [0.25, 0.3) is 0 Å². The van der Waals surface area contributed by atoms with E-state index in [4.69, 9.17) is 4.74 Å². The lowest BCUT2D eigenvalue weighted by molar-refractivity contribution is -0.130. The molecule has 4 rings (SSSR count). The molecule has 1 atom stereocenters. The Bertz CT molecular complexity index is 977. The van der Waals surface area contributed by atoms with E-state index >= 15 is 0 Å². The largest absolute Gasteiger partial charge is 0.497 e. The maximum Gasteiger partial charge on any atom is 0.227 e. The van der Waals surface area contributed by atoms with Crippen LogP contribution in [-0.2, 0) is 24.2 Å². The minimum Gasteiger partial charge on any atom is -0.497 e. The SMILES string of the molecule is COc1ccc(CC(=O)N2CCN(Cc3ccccc3)CC(Cc3ccccn3)C2)cc1. The number of carbonyl (C=O) groups is 1. The molecule has 32 heavy (non-hydrogen) atoms. The molecule has 1 aliphatic rings. The van der Waals surface area contributed by atoms with Gasteiger partial charge in [0.2, 0.25) is 5.91 Å². The summed E-state index contributed by atoms with van der Waals surface area (Å²) in [6.45, 7) is 4.25. The highest BCUT2D eigenvalue weighted by atomic mass is 16.5. The van der Waals surface area contributed by atoms with Gasteiger partial charge in [-0.2, -0.15) is 0 Å². The summed E-state index contributed by atoms with van der Waals surface area (Å²) in [5.41, 5.74) is 3.41. The lowest BCUT2D eigenvalue weighted by Crippen LogP contribution is -2.37. The van der Waals surface area contributed by atoms with Crippen molar-refractivity contribution in [2.24, 2.45) is 5.92 Å². The van der Waals surface area contributed by atoms with Crippen LogP contribution in [0, 0.1) is 5.92 Å². The minimum absolute atomic E-state index is 0.183. The van der Waals surface area contributed by atoms with Gasteiger partial charge in [0.15, 0.2) is 0 Å². The quantitative estimate of drug-likeness (QED) is 0.573. The van der Waals surface area contributed by atoms with Crippen molar-refractivity contribution in [2.45, 2.75) is 19.4 Å². The smallest absolute Gasteiger partial charge is 0.227 e. The molecule has 166 valence electrons. The number of aromatic nitrogens is 1. The number of amides is 1. The Kier molecular flexibility index (Phi) is 7.51. The van der Waals surface area contributed by atoms with Crippen LogP contribution in [0.15, 0.2) is 79.0 Å². The third-order valence-electron chi connectivity index (χ3n) is 6.02. The van der Waals surface area contributed by atoms with Gasteiger partial charge < -0.3 is 9.64 Å². The van der Waals surface area contributed by atoms with Gasteiger partial charge in [0.05, 0.1) is 13.5 Å². The van der Waals surface area contributed by atoms with Crippen molar-refractivity contribution in [2.75, 3.05) is 33.3 Å². The number of hydrogen-bond acceptors (Lipinski definition) is 4. The summed E-state index contributed by atoms with van der Waals surface area (Å²) >= 11 is 0. The predicted octanol–water partition coefficient (Wildman–Crippen LogP) is 3.84. The molecule has 1 fully saturated rings. The summed E-state index contributed by atoms with van der Waals surface area (Å²) < 4.78 is 5.23. The first kappa shape index (κ1) is 22.0. The Morgan fingerprint density at radius 1 is 0.938 bits per heavy atom. The van der Waals surface area contributed by atoms with E-state index in [0.717, 1.165) is 56.2 Å². The highest BCUT2D eigenvalue weighted by molar-refractivity contribution is 5.78. The Morgan fingerprint density at radius 2 is 1.72 bits per heavy atom. The zero-order valence-electron chi connectivity index (χ0n) is 18.7. The van der Waals surface area contributed by atoms with E-state index < -0.39 is 0 Å². The van der Waals surface area contributed by atoms with Crippen LogP contribution in [0.25, 0.3) is 0 Å². The number of nitrogens with zero attached hydrogens (tertiary/aromatic N) is 3. The van der Waals surface area contributed by atoms with Crippen molar-refractivity contribution in [3.8, 4) is 5.75 Å². The number of hydrogen-bond donors (Lipinski definition) is 0. The van der Waals surface area contributed by atoms with Crippen molar-refractivity contribution < 1.29 is 9.53 Å². The summed E-state index contributed by atoms with van der Waals surface area (Å²) in [4.78, 5) is 22.3. The van der Waals surface area contributed by atoms with Crippen LogP contribution in [0.1, 0.15) is 16.8 Å². The van der Waals surface area contributed by atoms with Crippen LogP contribution in [0.4, 0.5) is 0 Å². The van der Waals surface area contributed by atoms with E-state index in [1.54, 1.807) is 7.11 Å². The molecule has 0 bridgehead atoms. The molecule has 1 aliphatic heterocycles. The fourth-order valence-corrected chi connectivity index (χ4v) is 4.36. The number of ether oxygens (including phenoxy) is 1. The van der Waals surface area contributed by atoms with Gasteiger partial charge in [0.1, 0.15) is 5.75 Å². The van der Waals surface area contributed by atoms with Crippen molar-refractivity contribution in [3.63, 3.8) is 0 Å². The van der Waals surface area contributed by atoms with E-state index in [1.165, 1.54) is 5.56 Å². The third kappa shape index (κ3) is 6.17. The molecular weight excluding hydrogens is 398 g/mol. The normalized spacial score (nSPS) is 17.0. The zero-order valence-corrected chi connectivity index (χ0v) is 18.7. The highest BCUT2D eigenvalue weighted by Crippen LogP contribution is 2.18. The monoisotopic (exact) mass is 429 g/mol. The van der Waals surface area contributed by atoms with Gasteiger partial charge in [-0.05, 0) is 47.7 Å². The summed E-state index contributed by atoms with van der Waals surface area (Å²) in [6, 6.07) is 24.4. The molecule has 0 aliphatic carbocycles. The van der Waals surface area contributed by atoms with E-state index in [2.05, 4.69) is 46.3 Å². The Labute approximate surface area is 190 Å². The average molecular weight is 430 g/mol. The van der Waals surface area contributed by atoms with Crippen LogP contribution in [0.5, 0.6) is 5.75 Å². The first-order valence-corrected chi connectivity index (χ1v) is 11.3. The molecule has 0 N–H and O–H groups in total. The van der Waals surface area contributed by atoms with E-state index in [9.17, 15) is 4.79 Å². The molecule has 0 saturated carbocycles. The second kappa shape index (κ2) is 10.9. The predicted molar refractivity (Wildman–Crippen MR) is 126 cm³/mol. The fourth-order valence-electron chi connectivity index (χ4n) is 4.36. The Hall–Kier alpha value is -3.18. The molecule has 5 heteroatoms. The highest BCUT2D eigenvalue weighted by Gasteiger charge is 2.26. The second-order valence-corrected chi connectivity index (χ2v) is 8.48. The Balaban J connectivity index is 1.46. The van der Waals surface area contributed by atoms with Crippen LogP contribution >= 0.6 is 0 Å². The lowest BCUT2D eigenvalue weighted by atomic mass is 10.0. The topological polar surface area (TPSA) is 45.7 Å². The van der Waals surface area contributed by atoms with Crippen molar-refractivity contribution in [1.29, 1.82) is 0 Å². The summed E-state index contributed by atoms with van der Waals surface area (Å²) in [6.07, 6.45) is 3.14. The van der Waals surface area contributed by atoms with Crippen molar-refractivity contribution >= 4 is 5.91 Å². The van der Waals surface area contributed by atoms with Gasteiger partial charge in [-0.25, -0.2) is 0 Å². The summed E-state index contributed by atoms with van der Waals surface area (Å²) in [5, 5.41) is 0. The number of pyridine rings is 1. The number of carbonyl (C=O) groups excluding carboxylic acids is 1. The van der Waals surface area contributed by atoms with Crippen molar-refractivity contribution in [1.82, 2.24) is 14.8 Å². The van der Waals surface area contributed by atoms with Gasteiger partial charge in [-0.1, -0.05) is 48.5 Å². The van der Waals surface area contributed by atoms with Crippen LogP contribution < -0.4 is 4.74 Å². The molecule has 3 aromatic rings. The second-order valence-electron chi connectivity index (χ2n) is 8.48. The maximum atomic E-state index is 13.2. The summed E-state index contributed by atoms with van der Waals surface area (Å²) in [7, 11) is 1.65. The molecule has 2 heterocycles. The fraction of sp³-hybridized carbons (Fsp3) is 0.333. The molecular formula is C27H31N3O2. The number of rotatable bonds is 7. The van der Waals surface area contributed by atoms with Crippen molar-refractivity contribution in [3.05, 3.63) is 95.8 Å². The molecule has 1 amide bonds. The molecule has 0 radical (unpaired) electrons. The molecule has 2 aromatic carbocycles. The third-order valence-corrected chi connectivity index (χ3v) is 6.02. The first-order chi connectivity index (χ1) is 15.7. The number of methoxy groups -OCH3 is 1. The average Bonchev–Trinajstić information content (AvgIpc) is 3.03. The molecule has 5 nitrogen and oxygen atoms in total.